The maximum Gasteiger partial charge on any atom is 0.416 e. The first-order chi connectivity index (χ1) is 7.47. The smallest absolute Gasteiger partial charge is 0.368 e. The van der Waals surface area contributed by atoms with E-state index in [-0.39, 0.29) is 5.88 Å². The highest BCUT2D eigenvalue weighted by Gasteiger charge is 2.30. The first kappa shape index (κ1) is 10.5. The highest BCUT2D eigenvalue weighted by molar-refractivity contribution is 5.61. The predicted octanol–water partition coefficient (Wildman–Crippen LogP) is 2.94. The van der Waals surface area contributed by atoms with Crippen molar-refractivity contribution in [3.63, 3.8) is 0 Å². The third kappa shape index (κ3) is 2.00. The molecule has 0 saturated heterocycles. The number of hydrogen-bond donors (Lipinski definition) is 1. The molecule has 0 unspecified atom stereocenters. The molecular weight excluding hydrogens is 221 g/mol. The Balaban J connectivity index is 2.33. The van der Waals surface area contributed by atoms with E-state index in [1.165, 1.54) is 18.2 Å². The molecule has 0 aliphatic heterocycles. The van der Waals surface area contributed by atoms with Crippen molar-refractivity contribution in [3.05, 3.63) is 35.9 Å². The van der Waals surface area contributed by atoms with Gasteiger partial charge in [0.15, 0.2) is 0 Å². The Labute approximate surface area is 88.7 Å². The molecule has 0 saturated carbocycles. The van der Waals surface area contributed by atoms with E-state index in [2.05, 4.69) is 9.68 Å². The summed E-state index contributed by atoms with van der Waals surface area (Å²) in [6.45, 7) is 0. The molecule has 0 bridgehead atoms. The average molecular weight is 228 g/mol. The fourth-order valence-electron chi connectivity index (χ4n) is 1.26. The zero-order chi connectivity index (χ0) is 11.8. The zero-order valence-corrected chi connectivity index (χ0v) is 7.95. The number of nitrogen functional groups attached to an aromatic ring is 1. The first-order valence-electron chi connectivity index (χ1n) is 4.36. The molecule has 0 radical (unpaired) electrons. The number of nitrogens with zero attached hydrogens (tertiary/aromatic N) is 1. The fraction of sp³-hybridized carbons (Fsp3) is 0.100. The van der Waals surface area contributed by atoms with E-state index >= 15 is 0 Å². The van der Waals surface area contributed by atoms with Crippen LogP contribution in [0.2, 0.25) is 0 Å². The maximum atomic E-state index is 12.3. The third-order valence-corrected chi connectivity index (χ3v) is 2.04. The summed E-state index contributed by atoms with van der Waals surface area (Å²) in [7, 11) is 0. The first-order valence-corrected chi connectivity index (χ1v) is 4.36. The van der Waals surface area contributed by atoms with Gasteiger partial charge in [-0.3, -0.25) is 0 Å². The monoisotopic (exact) mass is 228 g/mol. The van der Waals surface area contributed by atoms with Crippen LogP contribution in [-0.2, 0) is 6.18 Å². The van der Waals surface area contributed by atoms with Crippen LogP contribution < -0.4 is 5.73 Å². The van der Waals surface area contributed by atoms with Crippen molar-refractivity contribution in [2.45, 2.75) is 6.18 Å². The molecule has 0 aliphatic carbocycles. The van der Waals surface area contributed by atoms with Gasteiger partial charge in [-0.05, 0) is 12.1 Å². The van der Waals surface area contributed by atoms with Gasteiger partial charge in [0.1, 0.15) is 5.69 Å². The maximum absolute atomic E-state index is 12.3. The lowest BCUT2D eigenvalue weighted by molar-refractivity contribution is -0.137. The van der Waals surface area contributed by atoms with Gasteiger partial charge < -0.3 is 10.3 Å². The number of nitrogens with two attached hydrogens (primary N) is 1. The van der Waals surface area contributed by atoms with Crippen LogP contribution in [0.15, 0.2) is 34.9 Å². The number of aromatic nitrogens is 1. The quantitative estimate of drug-likeness (QED) is 0.816. The summed E-state index contributed by atoms with van der Waals surface area (Å²) >= 11 is 0. The Morgan fingerprint density at radius 1 is 1.12 bits per heavy atom. The number of hydrogen-bond acceptors (Lipinski definition) is 3. The van der Waals surface area contributed by atoms with Gasteiger partial charge in [-0.25, -0.2) is 0 Å². The van der Waals surface area contributed by atoms with Crippen LogP contribution in [0.3, 0.4) is 0 Å². The van der Waals surface area contributed by atoms with Crippen molar-refractivity contribution < 1.29 is 17.7 Å². The summed E-state index contributed by atoms with van der Waals surface area (Å²) in [5.74, 6) is 0.120. The van der Waals surface area contributed by atoms with Gasteiger partial charge in [0.05, 0.1) is 5.56 Å². The van der Waals surface area contributed by atoms with Crippen LogP contribution >= 0.6 is 0 Å². The SMILES string of the molecule is Nc1cc(-c2ccc(C(F)(F)F)cc2)no1. The van der Waals surface area contributed by atoms with Crippen LogP contribution in [0.4, 0.5) is 19.1 Å². The highest BCUT2D eigenvalue weighted by atomic mass is 19.4. The van der Waals surface area contributed by atoms with Crippen LogP contribution in [0.5, 0.6) is 0 Å². The van der Waals surface area contributed by atoms with Crippen molar-refractivity contribution in [1.29, 1.82) is 0 Å². The van der Waals surface area contributed by atoms with Gasteiger partial charge in [0.2, 0.25) is 5.88 Å². The minimum absolute atomic E-state index is 0.120. The normalized spacial score (nSPS) is 11.7. The molecule has 6 heteroatoms. The summed E-state index contributed by atoms with van der Waals surface area (Å²) in [6.07, 6.45) is -4.33. The number of alkyl halides is 3. The average Bonchev–Trinajstić information content (AvgIpc) is 2.64. The molecule has 84 valence electrons. The van der Waals surface area contributed by atoms with E-state index in [1.54, 1.807) is 0 Å². The van der Waals surface area contributed by atoms with E-state index < -0.39 is 11.7 Å². The Morgan fingerprint density at radius 2 is 1.75 bits per heavy atom. The number of benzene rings is 1. The van der Waals surface area contributed by atoms with Gasteiger partial charge in [-0.15, -0.1) is 0 Å². The van der Waals surface area contributed by atoms with E-state index in [0.29, 0.717) is 11.3 Å². The molecule has 0 atom stereocenters. The molecular formula is C10H7F3N2O. The largest absolute Gasteiger partial charge is 0.416 e. The molecule has 3 nitrogen and oxygen atoms in total. The number of anilines is 1. The topological polar surface area (TPSA) is 52.0 Å². The van der Waals surface area contributed by atoms with Crippen LogP contribution in [0.1, 0.15) is 5.56 Å². The molecule has 0 amide bonds. The lowest BCUT2D eigenvalue weighted by Gasteiger charge is -2.06. The second kappa shape index (κ2) is 3.55. The molecule has 2 aromatic rings. The predicted molar refractivity (Wildman–Crippen MR) is 51.4 cm³/mol. The van der Waals surface area contributed by atoms with Gasteiger partial charge in [0.25, 0.3) is 0 Å². The van der Waals surface area contributed by atoms with Crippen molar-refractivity contribution in [2.24, 2.45) is 0 Å². The molecule has 0 fully saturated rings. The lowest BCUT2D eigenvalue weighted by Crippen LogP contribution is -2.03. The molecule has 2 rings (SSSR count). The number of halogens is 3. The summed E-state index contributed by atoms with van der Waals surface area (Å²) < 4.78 is 41.4. The third-order valence-electron chi connectivity index (χ3n) is 2.04. The molecule has 2 N–H and O–H groups in total. The standard InChI is InChI=1S/C10H7F3N2O/c11-10(12,13)7-3-1-6(2-4-7)8-5-9(14)16-15-8/h1-5H,14H2. The fourth-order valence-corrected chi connectivity index (χ4v) is 1.26. The van der Waals surface area contributed by atoms with Crippen LogP contribution in [0, 0.1) is 0 Å². The Morgan fingerprint density at radius 3 is 2.19 bits per heavy atom. The van der Waals surface area contributed by atoms with Crippen molar-refractivity contribution in [2.75, 3.05) is 5.73 Å². The van der Waals surface area contributed by atoms with E-state index in [1.807, 2.05) is 0 Å². The summed E-state index contributed by atoms with van der Waals surface area (Å²) in [5, 5.41) is 3.60. The highest BCUT2D eigenvalue weighted by Crippen LogP contribution is 2.30. The van der Waals surface area contributed by atoms with Gasteiger partial charge >= 0.3 is 6.18 Å². The molecule has 1 heterocycles. The van der Waals surface area contributed by atoms with Crippen LogP contribution in [0.25, 0.3) is 11.3 Å². The zero-order valence-electron chi connectivity index (χ0n) is 7.95. The number of rotatable bonds is 1. The Kier molecular flexibility index (Phi) is 2.34. The van der Waals surface area contributed by atoms with Gasteiger partial charge in [0, 0.05) is 11.6 Å². The van der Waals surface area contributed by atoms with E-state index in [0.717, 1.165) is 12.1 Å². The lowest BCUT2D eigenvalue weighted by atomic mass is 10.1. The molecule has 1 aromatic carbocycles. The second-order valence-electron chi connectivity index (χ2n) is 3.19. The van der Waals surface area contributed by atoms with Crippen molar-refractivity contribution in [3.8, 4) is 11.3 Å². The van der Waals surface area contributed by atoms with Gasteiger partial charge in [-0.2, -0.15) is 13.2 Å². The minimum atomic E-state index is -4.33. The molecule has 0 spiro atoms. The molecule has 1 aromatic heterocycles. The summed E-state index contributed by atoms with van der Waals surface area (Å²) in [5.41, 5.74) is 5.53. The molecule has 16 heavy (non-hydrogen) atoms. The van der Waals surface area contributed by atoms with Crippen molar-refractivity contribution in [1.82, 2.24) is 5.16 Å². The molecule has 0 aliphatic rings. The van der Waals surface area contributed by atoms with Crippen molar-refractivity contribution >= 4 is 5.88 Å². The van der Waals surface area contributed by atoms with E-state index in [4.69, 9.17) is 5.73 Å². The second-order valence-corrected chi connectivity index (χ2v) is 3.19. The van der Waals surface area contributed by atoms with Crippen LogP contribution in [-0.4, -0.2) is 5.16 Å². The minimum Gasteiger partial charge on any atom is -0.368 e. The van der Waals surface area contributed by atoms with E-state index in [9.17, 15) is 13.2 Å². The Hall–Kier alpha value is -1.98. The Bertz CT molecular complexity index is 488. The van der Waals surface area contributed by atoms with Gasteiger partial charge in [-0.1, -0.05) is 17.3 Å². The summed E-state index contributed by atoms with van der Waals surface area (Å²) in [6, 6.07) is 6.06. The summed E-state index contributed by atoms with van der Waals surface area (Å²) in [4.78, 5) is 0.